The summed E-state index contributed by atoms with van der Waals surface area (Å²) < 4.78 is 25.5. The molecule has 18 heavy (non-hydrogen) atoms. The van der Waals surface area contributed by atoms with Crippen molar-refractivity contribution in [2.75, 3.05) is 6.26 Å². The van der Waals surface area contributed by atoms with Crippen LogP contribution in [0.1, 0.15) is 5.56 Å². The monoisotopic (exact) mass is 282 g/mol. The van der Waals surface area contributed by atoms with Gasteiger partial charge in [0.05, 0.1) is 0 Å². The fraction of sp³-hybridized carbons (Fsp3) is 0.143. The average Bonchev–Trinajstić information content (AvgIpc) is 2.33. The SMILES string of the molecule is Cc1cccc(-c2cc(S(C)=O)ccc2Cl)c1F. The van der Waals surface area contributed by atoms with E-state index in [9.17, 15) is 8.60 Å². The molecule has 1 nitrogen and oxygen atoms in total. The lowest BCUT2D eigenvalue weighted by molar-refractivity contribution is 0.622. The van der Waals surface area contributed by atoms with Crippen LogP contribution in [0.2, 0.25) is 5.02 Å². The molecule has 0 N–H and O–H groups in total. The lowest BCUT2D eigenvalue weighted by Crippen LogP contribution is -1.92. The van der Waals surface area contributed by atoms with Crippen LogP contribution in [0.4, 0.5) is 4.39 Å². The molecule has 0 heterocycles. The second-order valence-corrected chi connectivity index (χ2v) is 5.82. The Morgan fingerprint density at radius 1 is 1.17 bits per heavy atom. The molecule has 0 aromatic heterocycles. The highest BCUT2D eigenvalue weighted by molar-refractivity contribution is 7.84. The third kappa shape index (κ3) is 2.47. The summed E-state index contributed by atoms with van der Waals surface area (Å²) in [4.78, 5) is 0.635. The van der Waals surface area contributed by atoms with Crippen LogP contribution in [-0.4, -0.2) is 10.5 Å². The molecule has 2 aromatic carbocycles. The number of rotatable bonds is 2. The predicted molar refractivity (Wildman–Crippen MR) is 73.9 cm³/mol. The minimum atomic E-state index is -1.11. The van der Waals surface area contributed by atoms with Gasteiger partial charge in [-0.2, -0.15) is 0 Å². The molecule has 4 heteroatoms. The van der Waals surface area contributed by atoms with Gasteiger partial charge >= 0.3 is 0 Å². The molecule has 94 valence electrons. The molecule has 0 aliphatic carbocycles. The molecule has 1 atom stereocenters. The van der Waals surface area contributed by atoms with E-state index in [0.717, 1.165) is 0 Å². The molecule has 0 amide bonds. The van der Waals surface area contributed by atoms with Crippen LogP contribution in [0.3, 0.4) is 0 Å². The Bertz CT molecular complexity index is 625. The third-order valence-electron chi connectivity index (χ3n) is 2.75. The van der Waals surface area contributed by atoms with Gasteiger partial charge < -0.3 is 0 Å². The van der Waals surface area contributed by atoms with E-state index in [0.29, 0.717) is 26.6 Å². The minimum absolute atomic E-state index is 0.293. The van der Waals surface area contributed by atoms with E-state index in [1.165, 1.54) is 0 Å². The number of halogens is 2. The quantitative estimate of drug-likeness (QED) is 0.807. The lowest BCUT2D eigenvalue weighted by atomic mass is 10.0. The number of hydrogen-bond acceptors (Lipinski definition) is 1. The summed E-state index contributed by atoms with van der Waals surface area (Å²) in [6, 6.07) is 10.2. The van der Waals surface area contributed by atoms with Crippen molar-refractivity contribution in [2.45, 2.75) is 11.8 Å². The Kier molecular flexibility index (Phi) is 3.83. The summed E-state index contributed by atoms with van der Waals surface area (Å²) in [5.41, 5.74) is 1.57. The first-order valence-corrected chi connectivity index (χ1v) is 7.33. The third-order valence-corrected chi connectivity index (χ3v) is 4.00. The highest BCUT2D eigenvalue weighted by atomic mass is 35.5. The van der Waals surface area contributed by atoms with Crippen LogP contribution in [0.15, 0.2) is 41.3 Å². The fourth-order valence-electron chi connectivity index (χ4n) is 1.75. The van der Waals surface area contributed by atoms with E-state index in [4.69, 9.17) is 11.6 Å². The number of hydrogen-bond donors (Lipinski definition) is 0. The Balaban J connectivity index is 2.66. The molecular formula is C14H12ClFOS. The van der Waals surface area contributed by atoms with Crippen molar-refractivity contribution in [3.8, 4) is 11.1 Å². The van der Waals surface area contributed by atoms with Gasteiger partial charge in [-0.05, 0) is 30.7 Å². The van der Waals surface area contributed by atoms with Crippen molar-refractivity contribution in [2.24, 2.45) is 0 Å². The molecule has 0 spiro atoms. The first-order valence-electron chi connectivity index (χ1n) is 5.39. The molecule has 0 aliphatic rings. The van der Waals surface area contributed by atoms with Crippen LogP contribution in [0.5, 0.6) is 0 Å². The zero-order chi connectivity index (χ0) is 13.3. The number of aryl methyl sites for hydroxylation is 1. The van der Waals surface area contributed by atoms with E-state index in [1.807, 2.05) is 0 Å². The van der Waals surface area contributed by atoms with Crippen molar-refractivity contribution in [1.82, 2.24) is 0 Å². The van der Waals surface area contributed by atoms with E-state index in [1.54, 1.807) is 49.6 Å². The second-order valence-electron chi connectivity index (χ2n) is 4.03. The van der Waals surface area contributed by atoms with Gasteiger partial charge in [-0.1, -0.05) is 29.8 Å². The van der Waals surface area contributed by atoms with Crippen molar-refractivity contribution < 1.29 is 8.60 Å². The summed E-state index contributed by atoms with van der Waals surface area (Å²) in [6.07, 6.45) is 1.58. The zero-order valence-corrected chi connectivity index (χ0v) is 11.6. The Morgan fingerprint density at radius 2 is 1.89 bits per heavy atom. The smallest absolute Gasteiger partial charge is 0.133 e. The standard InChI is InChI=1S/C14H12ClFOS/c1-9-4-3-5-11(14(9)16)12-8-10(18(2)17)6-7-13(12)15/h3-8H,1-2H3. The molecule has 0 aliphatic heterocycles. The van der Waals surface area contributed by atoms with Crippen molar-refractivity contribution >= 4 is 22.4 Å². The van der Waals surface area contributed by atoms with E-state index in [2.05, 4.69) is 0 Å². The molecule has 1 unspecified atom stereocenters. The maximum Gasteiger partial charge on any atom is 0.133 e. The summed E-state index contributed by atoms with van der Waals surface area (Å²) in [7, 11) is -1.11. The summed E-state index contributed by atoms with van der Waals surface area (Å²) >= 11 is 6.09. The van der Waals surface area contributed by atoms with E-state index >= 15 is 0 Å². The van der Waals surface area contributed by atoms with E-state index in [-0.39, 0.29) is 5.82 Å². The van der Waals surface area contributed by atoms with Gasteiger partial charge in [0.15, 0.2) is 0 Å². The summed E-state index contributed by atoms with van der Waals surface area (Å²) in [5.74, 6) is -0.293. The highest BCUT2D eigenvalue weighted by Crippen LogP contribution is 2.32. The van der Waals surface area contributed by atoms with Crippen LogP contribution in [0.25, 0.3) is 11.1 Å². The number of benzene rings is 2. The molecule has 0 fully saturated rings. The second kappa shape index (κ2) is 5.21. The largest absolute Gasteiger partial charge is 0.255 e. The molecular weight excluding hydrogens is 271 g/mol. The molecule has 0 bridgehead atoms. The van der Waals surface area contributed by atoms with Crippen molar-refractivity contribution in [1.29, 1.82) is 0 Å². The van der Waals surface area contributed by atoms with Gasteiger partial charge in [0, 0.05) is 38.1 Å². The van der Waals surface area contributed by atoms with Crippen molar-refractivity contribution in [3.05, 3.63) is 52.8 Å². The van der Waals surface area contributed by atoms with Crippen LogP contribution in [0, 0.1) is 12.7 Å². The molecule has 0 radical (unpaired) electrons. The van der Waals surface area contributed by atoms with Crippen molar-refractivity contribution in [3.63, 3.8) is 0 Å². The van der Waals surface area contributed by atoms with Crippen LogP contribution < -0.4 is 0 Å². The topological polar surface area (TPSA) is 17.1 Å². The molecule has 0 saturated heterocycles. The van der Waals surface area contributed by atoms with Gasteiger partial charge in [0.25, 0.3) is 0 Å². The lowest BCUT2D eigenvalue weighted by Gasteiger charge is -2.09. The Hall–Kier alpha value is -1.19. The van der Waals surface area contributed by atoms with Crippen LogP contribution in [-0.2, 0) is 10.8 Å². The minimum Gasteiger partial charge on any atom is -0.255 e. The van der Waals surface area contributed by atoms with Gasteiger partial charge in [-0.15, -0.1) is 0 Å². The molecule has 2 rings (SSSR count). The summed E-state index contributed by atoms with van der Waals surface area (Å²) in [6.45, 7) is 1.70. The maximum absolute atomic E-state index is 14.1. The van der Waals surface area contributed by atoms with Crippen LogP contribution >= 0.6 is 11.6 Å². The predicted octanol–water partition coefficient (Wildman–Crippen LogP) is 4.19. The normalized spacial score (nSPS) is 12.4. The Labute approximate surface area is 113 Å². The van der Waals surface area contributed by atoms with E-state index < -0.39 is 10.8 Å². The van der Waals surface area contributed by atoms with Gasteiger partial charge in [-0.3, -0.25) is 4.21 Å². The fourth-order valence-corrected chi connectivity index (χ4v) is 2.51. The highest BCUT2D eigenvalue weighted by Gasteiger charge is 2.12. The first kappa shape index (κ1) is 13.2. The average molecular weight is 283 g/mol. The zero-order valence-electron chi connectivity index (χ0n) is 10.0. The molecule has 0 saturated carbocycles. The molecule has 2 aromatic rings. The maximum atomic E-state index is 14.1. The Morgan fingerprint density at radius 3 is 2.56 bits per heavy atom. The van der Waals surface area contributed by atoms with Gasteiger partial charge in [-0.25, -0.2) is 4.39 Å². The summed E-state index contributed by atoms with van der Waals surface area (Å²) in [5, 5.41) is 0.453. The first-order chi connectivity index (χ1) is 8.50. The van der Waals surface area contributed by atoms with Gasteiger partial charge in [0.1, 0.15) is 5.82 Å². The van der Waals surface area contributed by atoms with Gasteiger partial charge in [0.2, 0.25) is 0 Å².